The molecule has 0 saturated heterocycles. The monoisotopic (exact) mass is 624 g/mol. The van der Waals surface area contributed by atoms with Crippen molar-refractivity contribution in [3.05, 3.63) is 65.7 Å². The number of anilines is 2. The third-order valence-corrected chi connectivity index (χ3v) is 7.63. The molecular formula is C32H37ClN4O7. The second kappa shape index (κ2) is 14.8. The summed E-state index contributed by atoms with van der Waals surface area (Å²) in [6.45, 7) is 3.06. The Balaban J connectivity index is 0.00000529. The number of nitrogens with one attached hydrogen (secondary N) is 2. The number of aromatic carboxylic acids is 1. The lowest BCUT2D eigenvalue weighted by atomic mass is 10.00. The summed E-state index contributed by atoms with van der Waals surface area (Å²) in [4.78, 5) is 66.9. The number of amides is 3. The number of benzene rings is 3. The van der Waals surface area contributed by atoms with Crippen LogP contribution in [0, 0.1) is 0 Å². The van der Waals surface area contributed by atoms with Gasteiger partial charge in [0.05, 0.1) is 43.2 Å². The molecule has 44 heavy (non-hydrogen) atoms. The fourth-order valence-electron chi connectivity index (χ4n) is 5.16. The molecule has 0 fully saturated rings. The van der Waals surface area contributed by atoms with Gasteiger partial charge in [-0.2, -0.15) is 0 Å². The van der Waals surface area contributed by atoms with Crippen molar-refractivity contribution in [3.8, 4) is 5.75 Å². The number of carboxylic acid groups (broad SMARTS) is 1. The van der Waals surface area contributed by atoms with Crippen molar-refractivity contribution in [2.24, 2.45) is 0 Å². The molecule has 3 aromatic rings. The SMILES string of the molecule is CN[C@@H](C)C(=O)N[C@H]1CN(C(=O)CCCC(C)=O)c2ccccc2N(Cc2c(OC)ccc3cc(C(=O)O)ccc23)C1=O.Cl. The van der Waals surface area contributed by atoms with Gasteiger partial charge in [0.2, 0.25) is 11.8 Å². The first kappa shape index (κ1) is 34.0. The van der Waals surface area contributed by atoms with Crippen LogP contribution in [0.1, 0.15) is 49.0 Å². The van der Waals surface area contributed by atoms with Crippen molar-refractivity contribution < 1.29 is 33.8 Å². The summed E-state index contributed by atoms with van der Waals surface area (Å²) < 4.78 is 5.66. The zero-order valence-electron chi connectivity index (χ0n) is 25.1. The van der Waals surface area contributed by atoms with Gasteiger partial charge in [0.15, 0.2) is 0 Å². The van der Waals surface area contributed by atoms with Crippen LogP contribution in [0.2, 0.25) is 0 Å². The number of rotatable bonds is 11. The number of carboxylic acids is 1. The van der Waals surface area contributed by atoms with E-state index in [4.69, 9.17) is 4.74 Å². The molecule has 0 spiro atoms. The third kappa shape index (κ3) is 7.35. The molecule has 0 aromatic heterocycles. The van der Waals surface area contributed by atoms with E-state index in [9.17, 15) is 29.1 Å². The third-order valence-electron chi connectivity index (χ3n) is 7.63. The topological polar surface area (TPSA) is 145 Å². The van der Waals surface area contributed by atoms with E-state index in [0.29, 0.717) is 39.9 Å². The molecule has 3 aromatic carbocycles. The van der Waals surface area contributed by atoms with E-state index in [0.717, 1.165) is 0 Å². The summed E-state index contributed by atoms with van der Waals surface area (Å²) in [7, 11) is 3.15. The zero-order chi connectivity index (χ0) is 31.3. The minimum absolute atomic E-state index is 0. The standard InChI is InChI=1S/C32H36N4O7.ClH/c1-19(37)8-7-11-29(38)35-18-25(34-30(39)20(2)33-3)31(40)36(27-10-6-5-9-26(27)35)17-24-23-14-12-22(32(41)42)16-21(23)13-15-28(24)43-4;/h5-6,9-10,12-16,20,25,33H,7-8,11,17-18H2,1-4H3,(H,34,39)(H,41,42);1H/t20-,25-;/m0./s1. The van der Waals surface area contributed by atoms with E-state index < -0.39 is 29.9 Å². The maximum absolute atomic E-state index is 14.3. The van der Waals surface area contributed by atoms with Crippen LogP contribution in [0.15, 0.2) is 54.6 Å². The van der Waals surface area contributed by atoms with Crippen molar-refractivity contribution in [2.45, 2.75) is 51.7 Å². The Bertz CT molecular complexity index is 1580. The van der Waals surface area contributed by atoms with Crippen molar-refractivity contribution in [2.75, 3.05) is 30.5 Å². The zero-order valence-corrected chi connectivity index (χ0v) is 25.9. The molecule has 2 atom stereocenters. The summed E-state index contributed by atoms with van der Waals surface area (Å²) in [6.07, 6.45) is 0.721. The van der Waals surface area contributed by atoms with E-state index in [1.165, 1.54) is 29.9 Å². The Hall–Kier alpha value is -4.48. The Morgan fingerprint density at radius 1 is 1.05 bits per heavy atom. The van der Waals surface area contributed by atoms with E-state index in [1.807, 2.05) is 0 Å². The molecule has 3 N–H and O–H groups in total. The molecule has 0 saturated carbocycles. The number of ketones is 1. The van der Waals surface area contributed by atoms with E-state index >= 15 is 0 Å². The molecule has 4 rings (SSSR count). The lowest BCUT2D eigenvalue weighted by Crippen LogP contribution is -2.55. The second-order valence-electron chi connectivity index (χ2n) is 10.5. The minimum Gasteiger partial charge on any atom is -0.496 e. The predicted molar refractivity (Wildman–Crippen MR) is 170 cm³/mol. The number of nitrogens with zero attached hydrogens (tertiary/aromatic N) is 2. The van der Waals surface area contributed by atoms with Crippen LogP contribution >= 0.6 is 12.4 Å². The molecular weight excluding hydrogens is 588 g/mol. The molecule has 0 radical (unpaired) electrons. The quantitative estimate of drug-likeness (QED) is 0.293. The highest BCUT2D eigenvalue weighted by Gasteiger charge is 2.37. The fourth-order valence-corrected chi connectivity index (χ4v) is 5.16. The van der Waals surface area contributed by atoms with E-state index in [-0.39, 0.29) is 55.6 Å². The molecule has 0 bridgehead atoms. The summed E-state index contributed by atoms with van der Waals surface area (Å²) >= 11 is 0. The average molecular weight is 625 g/mol. The highest BCUT2D eigenvalue weighted by atomic mass is 35.5. The fraction of sp³-hybridized carbons (Fsp3) is 0.344. The number of hydrogen-bond donors (Lipinski definition) is 3. The van der Waals surface area contributed by atoms with Gasteiger partial charge in [-0.3, -0.25) is 14.4 Å². The molecule has 1 aliphatic heterocycles. The number of carbonyl (C=O) groups is 5. The Morgan fingerprint density at radius 3 is 2.39 bits per heavy atom. The minimum atomic E-state index is -1.08. The first-order chi connectivity index (χ1) is 20.5. The van der Waals surface area contributed by atoms with Crippen LogP contribution in [0.3, 0.4) is 0 Å². The molecule has 3 amide bonds. The van der Waals surface area contributed by atoms with Gasteiger partial charge < -0.3 is 35.1 Å². The number of Topliss-reactive ketones (excluding diaryl/α,β-unsaturated/α-hetero) is 1. The number of para-hydroxylation sites is 2. The Kier molecular flexibility index (Phi) is 11.4. The van der Waals surface area contributed by atoms with Crippen molar-refractivity contribution in [1.29, 1.82) is 0 Å². The Morgan fingerprint density at radius 2 is 1.75 bits per heavy atom. The van der Waals surface area contributed by atoms with Crippen LogP contribution in [0.25, 0.3) is 10.8 Å². The molecule has 0 aliphatic carbocycles. The van der Waals surface area contributed by atoms with Crippen LogP contribution in [-0.2, 0) is 25.7 Å². The molecule has 1 heterocycles. The highest BCUT2D eigenvalue weighted by Crippen LogP contribution is 2.37. The normalized spacial score (nSPS) is 15.1. The first-order valence-electron chi connectivity index (χ1n) is 14.1. The van der Waals surface area contributed by atoms with Gasteiger partial charge in [0, 0.05) is 18.4 Å². The largest absolute Gasteiger partial charge is 0.496 e. The molecule has 11 nitrogen and oxygen atoms in total. The van der Waals surface area contributed by atoms with Crippen molar-refractivity contribution in [1.82, 2.24) is 10.6 Å². The number of halogens is 1. The van der Waals surface area contributed by atoms with Crippen LogP contribution in [-0.4, -0.2) is 67.4 Å². The maximum Gasteiger partial charge on any atom is 0.335 e. The number of carbonyl (C=O) groups excluding carboxylic acids is 4. The maximum atomic E-state index is 14.3. The second-order valence-corrected chi connectivity index (χ2v) is 10.5. The number of hydrogen-bond acceptors (Lipinski definition) is 7. The summed E-state index contributed by atoms with van der Waals surface area (Å²) in [5.74, 6) is -1.68. The van der Waals surface area contributed by atoms with Gasteiger partial charge in [-0.1, -0.05) is 24.3 Å². The number of ether oxygens (including phenoxy) is 1. The van der Waals surface area contributed by atoms with Crippen molar-refractivity contribution in [3.63, 3.8) is 0 Å². The van der Waals surface area contributed by atoms with Gasteiger partial charge in [-0.15, -0.1) is 12.4 Å². The van der Waals surface area contributed by atoms with Crippen LogP contribution in [0.4, 0.5) is 11.4 Å². The van der Waals surface area contributed by atoms with E-state index in [2.05, 4.69) is 10.6 Å². The summed E-state index contributed by atoms with van der Waals surface area (Å²) in [5.41, 5.74) is 1.72. The van der Waals surface area contributed by atoms with Crippen LogP contribution < -0.4 is 25.2 Å². The van der Waals surface area contributed by atoms with Gasteiger partial charge in [-0.25, -0.2) is 4.79 Å². The average Bonchev–Trinajstić information content (AvgIpc) is 3.10. The van der Waals surface area contributed by atoms with Gasteiger partial charge in [0.1, 0.15) is 17.6 Å². The summed E-state index contributed by atoms with van der Waals surface area (Å²) in [5, 5.41) is 16.5. The van der Waals surface area contributed by atoms with Gasteiger partial charge >= 0.3 is 5.97 Å². The number of methoxy groups -OCH3 is 1. The molecule has 12 heteroatoms. The lowest BCUT2D eigenvalue weighted by molar-refractivity contribution is -0.128. The molecule has 234 valence electrons. The predicted octanol–water partition coefficient (Wildman–Crippen LogP) is 3.70. The van der Waals surface area contributed by atoms with Gasteiger partial charge in [0.25, 0.3) is 5.91 Å². The van der Waals surface area contributed by atoms with Crippen molar-refractivity contribution >= 4 is 64.0 Å². The number of fused-ring (bicyclic) bond motifs is 2. The lowest BCUT2D eigenvalue weighted by Gasteiger charge is -2.27. The number of likely N-dealkylation sites (N-methyl/N-ethyl adjacent to an activating group) is 1. The summed E-state index contributed by atoms with van der Waals surface area (Å²) in [6, 6.07) is 13.6. The van der Waals surface area contributed by atoms with Crippen LogP contribution in [0.5, 0.6) is 5.75 Å². The smallest absolute Gasteiger partial charge is 0.335 e. The molecule has 0 unspecified atom stereocenters. The van der Waals surface area contributed by atoms with Gasteiger partial charge in [-0.05, 0) is 68.4 Å². The Labute approximate surface area is 261 Å². The molecule has 1 aliphatic rings. The highest BCUT2D eigenvalue weighted by molar-refractivity contribution is 6.08. The van der Waals surface area contributed by atoms with E-state index in [1.54, 1.807) is 62.5 Å². The first-order valence-corrected chi connectivity index (χ1v) is 14.1.